The van der Waals surface area contributed by atoms with E-state index in [1.54, 1.807) is 18.2 Å². The number of aromatic nitrogens is 2. The fourth-order valence-electron chi connectivity index (χ4n) is 8.29. The van der Waals surface area contributed by atoms with Gasteiger partial charge in [-0.05, 0) is 72.7 Å². The largest absolute Gasteiger partial charge is 0.461 e. The molecular formula is C35H36F3N5O3. The molecule has 0 saturated carbocycles. The van der Waals surface area contributed by atoms with Crippen LogP contribution in [0.15, 0.2) is 42.5 Å². The summed E-state index contributed by atoms with van der Waals surface area (Å²) >= 11 is 0. The number of fused-ring (bicyclic) bond motifs is 3. The molecule has 4 aromatic rings. The highest BCUT2D eigenvalue weighted by Crippen LogP contribution is 2.42. The minimum Gasteiger partial charge on any atom is -0.461 e. The molecule has 3 aromatic carbocycles. The minimum atomic E-state index is -0.914. The molecule has 46 heavy (non-hydrogen) atoms. The van der Waals surface area contributed by atoms with E-state index in [4.69, 9.17) is 14.5 Å². The summed E-state index contributed by atoms with van der Waals surface area (Å²) in [4.78, 5) is 25.6. The summed E-state index contributed by atoms with van der Waals surface area (Å²) in [5.74, 6) is -0.398. The monoisotopic (exact) mass is 631 g/mol. The number of nitrogens with one attached hydrogen (secondary N) is 1. The van der Waals surface area contributed by atoms with Crippen molar-refractivity contribution in [2.24, 2.45) is 0 Å². The van der Waals surface area contributed by atoms with Crippen LogP contribution in [0.3, 0.4) is 0 Å². The molecule has 0 aliphatic carbocycles. The maximum atomic E-state index is 16.9. The van der Waals surface area contributed by atoms with Gasteiger partial charge in [0.2, 0.25) is 0 Å². The summed E-state index contributed by atoms with van der Waals surface area (Å²) in [7, 11) is 0. The Morgan fingerprint density at radius 1 is 1.07 bits per heavy atom. The van der Waals surface area contributed by atoms with Crippen LogP contribution >= 0.6 is 0 Å². The van der Waals surface area contributed by atoms with Crippen molar-refractivity contribution in [3.8, 4) is 17.1 Å². The van der Waals surface area contributed by atoms with Crippen LogP contribution in [0.4, 0.5) is 23.8 Å². The molecule has 1 spiro atoms. The lowest BCUT2D eigenvalue weighted by molar-refractivity contribution is 0.0445. The van der Waals surface area contributed by atoms with E-state index in [1.165, 1.54) is 6.07 Å². The third-order valence-electron chi connectivity index (χ3n) is 10.4. The average Bonchev–Trinajstić information content (AvgIpc) is 3.71. The minimum absolute atomic E-state index is 0.0152. The van der Waals surface area contributed by atoms with Gasteiger partial charge in [0.25, 0.3) is 0 Å². The first-order chi connectivity index (χ1) is 22.3. The zero-order chi connectivity index (χ0) is 31.6. The Kier molecular flexibility index (Phi) is 7.00. The summed E-state index contributed by atoms with van der Waals surface area (Å²) in [5.41, 5.74) is 0.355. The number of anilines is 1. The highest BCUT2D eigenvalue weighted by Gasteiger charge is 2.49. The second-order valence-electron chi connectivity index (χ2n) is 13.3. The first kappa shape index (κ1) is 29.3. The summed E-state index contributed by atoms with van der Waals surface area (Å²) in [6.07, 6.45) is 2.70. The van der Waals surface area contributed by atoms with Crippen molar-refractivity contribution in [1.82, 2.24) is 20.2 Å². The Morgan fingerprint density at radius 2 is 1.93 bits per heavy atom. The maximum Gasteiger partial charge on any atom is 0.407 e. The molecule has 240 valence electrons. The summed E-state index contributed by atoms with van der Waals surface area (Å²) in [5, 5.41) is 4.76. The number of carbonyl (C=O) groups is 1. The van der Waals surface area contributed by atoms with Gasteiger partial charge in [-0.1, -0.05) is 37.3 Å². The number of carbonyl (C=O) groups excluding carboxylic acids is 1. The highest BCUT2D eigenvalue weighted by atomic mass is 19.1. The second-order valence-corrected chi connectivity index (χ2v) is 13.3. The lowest BCUT2D eigenvalue weighted by atomic mass is 9.91. The van der Waals surface area contributed by atoms with Crippen LogP contribution in [-0.2, 0) is 11.2 Å². The maximum absolute atomic E-state index is 16.9. The van der Waals surface area contributed by atoms with Gasteiger partial charge in [-0.25, -0.2) is 18.0 Å². The van der Waals surface area contributed by atoms with E-state index in [0.717, 1.165) is 31.2 Å². The zero-order valence-electron chi connectivity index (χ0n) is 25.8. The molecule has 4 aliphatic heterocycles. The molecule has 0 radical (unpaired) electrons. The van der Waals surface area contributed by atoms with Crippen molar-refractivity contribution in [3.05, 3.63) is 59.7 Å². The second kappa shape index (κ2) is 11.0. The van der Waals surface area contributed by atoms with Gasteiger partial charge in [-0.2, -0.15) is 9.97 Å². The molecule has 5 heterocycles. The molecule has 1 aromatic heterocycles. The molecule has 8 rings (SSSR count). The Labute approximate surface area is 264 Å². The Bertz CT molecular complexity index is 1870. The van der Waals surface area contributed by atoms with Crippen LogP contribution in [-0.4, -0.2) is 77.6 Å². The number of alkyl carbamates (subject to hydrolysis) is 1. The summed E-state index contributed by atoms with van der Waals surface area (Å²) in [6.45, 7) is 4.68. The Hall–Kier alpha value is -4.12. The third kappa shape index (κ3) is 4.73. The van der Waals surface area contributed by atoms with E-state index in [-0.39, 0.29) is 24.0 Å². The molecule has 1 N–H and O–H groups in total. The van der Waals surface area contributed by atoms with E-state index in [1.807, 2.05) is 30.0 Å². The standard InChI is InChI=1S/C35H36F3N5O3/c1-2-23-27(37)11-8-21-6-3-7-24(28(21)23)25-9-10-26-30(29(25)38)40-32(45-20-34-12-4-15-43(34)17-22(36)16-34)41-31(26)42-14-5-13-35(19-42)18-39-33(44)46-35/h3,6-11,22H,2,4-5,12-20H2,1H3,(H,39,44)/t22-,34+,35?/m1/s1. The van der Waals surface area contributed by atoms with E-state index in [9.17, 15) is 13.6 Å². The number of hydrogen-bond acceptors (Lipinski definition) is 7. The summed E-state index contributed by atoms with van der Waals surface area (Å²) < 4.78 is 58.4. The van der Waals surface area contributed by atoms with Crippen LogP contribution < -0.4 is 15.0 Å². The molecule has 11 heteroatoms. The van der Waals surface area contributed by atoms with Gasteiger partial charge in [0.05, 0.1) is 18.6 Å². The number of alkyl halides is 1. The van der Waals surface area contributed by atoms with Crippen molar-refractivity contribution in [2.45, 2.75) is 62.8 Å². The number of ether oxygens (including phenoxy) is 2. The molecule has 1 amide bonds. The van der Waals surface area contributed by atoms with Crippen LogP contribution in [0.25, 0.3) is 32.8 Å². The van der Waals surface area contributed by atoms with Crippen LogP contribution in [0, 0.1) is 11.6 Å². The van der Waals surface area contributed by atoms with Crippen LogP contribution in [0.2, 0.25) is 0 Å². The molecule has 8 nitrogen and oxygen atoms in total. The summed E-state index contributed by atoms with van der Waals surface area (Å²) in [6, 6.07) is 12.2. The Morgan fingerprint density at radius 3 is 2.76 bits per heavy atom. The molecule has 0 bridgehead atoms. The van der Waals surface area contributed by atoms with Crippen LogP contribution in [0.5, 0.6) is 6.01 Å². The van der Waals surface area contributed by atoms with Crippen LogP contribution in [0.1, 0.15) is 44.6 Å². The van der Waals surface area contributed by atoms with E-state index in [0.29, 0.717) is 78.7 Å². The van der Waals surface area contributed by atoms with E-state index < -0.39 is 29.2 Å². The first-order valence-corrected chi connectivity index (χ1v) is 16.2. The lowest BCUT2D eigenvalue weighted by Gasteiger charge is -2.39. The number of amides is 1. The van der Waals surface area contributed by atoms with Crippen molar-refractivity contribution < 1.29 is 27.4 Å². The molecule has 4 saturated heterocycles. The number of aryl methyl sites for hydroxylation is 1. The number of piperidine rings is 1. The van der Waals surface area contributed by atoms with Gasteiger partial charge in [0.15, 0.2) is 5.82 Å². The van der Waals surface area contributed by atoms with Gasteiger partial charge in [0.1, 0.15) is 35.5 Å². The number of halogens is 3. The number of rotatable bonds is 6. The number of hydrogen-bond donors (Lipinski definition) is 1. The normalized spacial score (nSPS) is 26.2. The SMILES string of the molecule is CCc1c(F)ccc2cccc(-c3ccc4c(N5CCCC6(CNC(=O)O6)C5)nc(OC[C@@]56CCCN5C[C@H](F)C6)nc4c3F)c12. The van der Waals surface area contributed by atoms with Gasteiger partial charge in [-0.15, -0.1) is 0 Å². The van der Waals surface area contributed by atoms with Gasteiger partial charge >= 0.3 is 12.1 Å². The number of nitrogens with zero attached hydrogens (tertiary/aromatic N) is 4. The molecule has 3 atom stereocenters. The van der Waals surface area contributed by atoms with E-state index >= 15 is 4.39 Å². The first-order valence-electron chi connectivity index (χ1n) is 16.2. The Balaban J connectivity index is 1.25. The smallest absolute Gasteiger partial charge is 0.407 e. The van der Waals surface area contributed by atoms with Crippen molar-refractivity contribution in [2.75, 3.05) is 44.2 Å². The predicted molar refractivity (Wildman–Crippen MR) is 169 cm³/mol. The average molecular weight is 632 g/mol. The fourth-order valence-corrected chi connectivity index (χ4v) is 8.29. The van der Waals surface area contributed by atoms with Crippen molar-refractivity contribution >= 4 is 33.6 Å². The highest BCUT2D eigenvalue weighted by molar-refractivity contribution is 6.02. The third-order valence-corrected chi connectivity index (χ3v) is 10.4. The zero-order valence-corrected chi connectivity index (χ0v) is 25.8. The molecule has 1 unspecified atom stereocenters. The van der Waals surface area contributed by atoms with Gasteiger partial charge in [0, 0.05) is 30.5 Å². The predicted octanol–water partition coefficient (Wildman–Crippen LogP) is 6.32. The van der Waals surface area contributed by atoms with Gasteiger partial charge in [-0.3, -0.25) is 4.90 Å². The van der Waals surface area contributed by atoms with Gasteiger partial charge < -0.3 is 19.7 Å². The quantitative estimate of drug-likeness (QED) is 0.267. The van der Waals surface area contributed by atoms with Crippen molar-refractivity contribution in [1.29, 1.82) is 0 Å². The molecule has 4 fully saturated rings. The lowest BCUT2D eigenvalue weighted by Crippen LogP contribution is -2.51. The van der Waals surface area contributed by atoms with E-state index in [2.05, 4.69) is 15.2 Å². The molecular weight excluding hydrogens is 595 g/mol. The van der Waals surface area contributed by atoms with Crippen molar-refractivity contribution in [3.63, 3.8) is 0 Å². The fraction of sp³-hybridized carbons (Fsp3) is 0.457. The topological polar surface area (TPSA) is 79.8 Å². The molecule has 4 aliphatic rings. The number of benzene rings is 3.